The molecule has 1 aliphatic heterocycles. The molecule has 0 bridgehead atoms. The number of benzene rings is 1. The lowest BCUT2D eigenvalue weighted by Gasteiger charge is -2.32. The summed E-state index contributed by atoms with van der Waals surface area (Å²) in [5.41, 5.74) is 13.5. The summed E-state index contributed by atoms with van der Waals surface area (Å²) in [6.45, 7) is 3.72. The maximum absolute atomic E-state index is 11.2. The van der Waals surface area contributed by atoms with Gasteiger partial charge in [0.25, 0.3) is 0 Å². The number of nitrogens with two attached hydrogens (primary N) is 2. The first kappa shape index (κ1) is 14.3. The second-order valence-corrected chi connectivity index (χ2v) is 6.01. The van der Waals surface area contributed by atoms with Crippen molar-refractivity contribution >= 4 is 27.5 Å². The Morgan fingerprint density at radius 2 is 2.05 bits per heavy atom. The van der Waals surface area contributed by atoms with Crippen LogP contribution in [0.15, 0.2) is 22.7 Å². The number of carbonyl (C=O) groups is 1. The Labute approximate surface area is 122 Å². The van der Waals surface area contributed by atoms with E-state index in [2.05, 4.69) is 39.0 Å². The number of halogens is 1. The van der Waals surface area contributed by atoms with E-state index in [9.17, 15) is 4.79 Å². The number of anilines is 1. The fourth-order valence-electron chi connectivity index (χ4n) is 2.50. The van der Waals surface area contributed by atoms with Crippen LogP contribution in [0, 0.1) is 5.92 Å². The molecule has 1 aromatic carbocycles. The Hall–Kier alpha value is -1.07. The van der Waals surface area contributed by atoms with Crippen LogP contribution in [0.5, 0.6) is 0 Å². The fraction of sp³-hybridized carbons (Fsp3) is 0.500. The molecule has 1 heterocycles. The molecular formula is C14H20BrN3O. The average Bonchev–Trinajstić information content (AvgIpc) is 2.38. The van der Waals surface area contributed by atoms with Crippen molar-refractivity contribution in [3.05, 3.63) is 28.2 Å². The second kappa shape index (κ2) is 5.92. The van der Waals surface area contributed by atoms with Crippen molar-refractivity contribution in [3.8, 4) is 0 Å². The molecule has 0 aliphatic carbocycles. The zero-order valence-corrected chi connectivity index (χ0v) is 12.7. The van der Waals surface area contributed by atoms with Gasteiger partial charge in [-0.3, -0.25) is 4.79 Å². The summed E-state index contributed by atoms with van der Waals surface area (Å²) in [7, 11) is 0. The first-order valence-electron chi connectivity index (χ1n) is 6.58. The Morgan fingerprint density at radius 1 is 1.42 bits per heavy atom. The van der Waals surface area contributed by atoms with Gasteiger partial charge in [0.15, 0.2) is 0 Å². The molecule has 4 N–H and O–H groups in total. The molecule has 0 unspecified atom stereocenters. The number of nitrogens with zero attached hydrogens (tertiary/aromatic N) is 1. The van der Waals surface area contributed by atoms with E-state index in [1.54, 1.807) is 0 Å². The predicted molar refractivity (Wildman–Crippen MR) is 80.9 cm³/mol. The van der Waals surface area contributed by atoms with Crippen LogP contribution in [-0.2, 0) is 4.79 Å². The minimum Gasteiger partial charge on any atom is -0.371 e. The maximum Gasteiger partial charge on any atom is 0.220 e. The van der Waals surface area contributed by atoms with Crippen LogP contribution in [0.1, 0.15) is 31.4 Å². The quantitative estimate of drug-likeness (QED) is 0.894. The largest absolute Gasteiger partial charge is 0.371 e. The van der Waals surface area contributed by atoms with Crippen molar-refractivity contribution < 1.29 is 4.79 Å². The molecule has 19 heavy (non-hydrogen) atoms. The van der Waals surface area contributed by atoms with Crippen LogP contribution >= 0.6 is 15.9 Å². The molecule has 1 aliphatic rings. The van der Waals surface area contributed by atoms with E-state index >= 15 is 0 Å². The van der Waals surface area contributed by atoms with Crippen molar-refractivity contribution in [2.45, 2.75) is 25.8 Å². The van der Waals surface area contributed by atoms with E-state index in [0.29, 0.717) is 0 Å². The summed E-state index contributed by atoms with van der Waals surface area (Å²) >= 11 is 3.57. The standard InChI is InChI=1S/C14H20BrN3O/c1-9(16)12-3-2-11(8-13(12)15)18-6-4-10(5-7-18)14(17)19/h2-3,8-10H,4-7,16H2,1H3,(H2,17,19)/t9-/m0/s1. The van der Waals surface area contributed by atoms with Gasteiger partial charge < -0.3 is 16.4 Å². The number of piperidine rings is 1. The lowest BCUT2D eigenvalue weighted by Crippen LogP contribution is -2.38. The van der Waals surface area contributed by atoms with E-state index in [1.165, 1.54) is 5.69 Å². The number of amides is 1. The summed E-state index contributed by atoms with van der Waals surface area (Å²) in [6.07, 6.45) is 1.67. The zero-order chi connectivity index (χ0) is 14.0. The first-order valence-corrected chi connectivity index (χ1v) is 7.37. The van der Waals surface area contributed by atoms with Gasteiger partial charge in [0, 0.05) is 35.2 Å². The normalized spacial score (nSPS) is 18.4. The van der Waals surface area contributed by atoms with Crippen LogP contribution in [0.25, 0.3) is 0 Å². The van der Waals surface area contributed by atoms with Gasteiger partial charge in [-0.25, -0.2) is 0 Å². The number of hydrogen-bond acceptors (Lipinski definition) is 3. The highest BCUT2D eigenvalue weighted by Crippen LogP contribution is 2.29. The molecule has 0 aromatic heterocycles. The SMILES string of the molecule is C[C@H](N)c1ccc(N2CCC(C(N)=O)CC2)cc1Br. The predicted octanol–water partition coefficient (Wildman–Crippen LogP) is 2.17. The van der Waals surface area contributed by atoms with E-state index in [1.807, 2.05) is 6.92 Å². The minimum atomic E-state index is -0.173. The summed E-state index contributed by atoms with van der Waals surface area (Å²) in [6, 6.07) is 6.27. The molecule has 104 valence electrons. The van der Waals surface area contributed by atoms with E-state index in [-0.39, 0.29) is 17.9 Å². The smallest absolute Gasteiger partial charge is 0.220 e. The third-order valence-electron chi connectivity index (χ3n) is 3.74. The lowest BCUT2D eigenvalue weighted by molar-refractivity contribution is -0.122. The summed E-state index contributed by atoms with van der Waals surface area (Å²) in [5, 5.41) is 0. The highest BCUT2D eigenvalue weighted by Gasteiger charge is 2.23. The molecule has 4 nitrogen and oxygen atoms in total. The summed E-state index contributed by atoms with van der Waals surface area (Å²) in [5.74, 6) is -0.142. The van der Waals surface area contributed by atoms with Gasteiger partial charge in [0.1, 0.15) is 0 Å². The first-order chi connectivity index (χ1) is 8.99. The highest BCUT2D eigenvalue weighted by molar-refractivity contribution is 9.10. The molecule has 0 radical (unpaired) electrons. The molecule has 0 saturated carbocycles. The summed E-state index contributed by atoms with van der Waals surface area (Å²) < 4.78 is 1.04. The van der Waals surface area contributed by atoms with Crippen LogP contribution in [-0.4, -0.2) is 19.0 Å². The van der Waals surface area contributed by atoms with Gasteiger partial charge in [-0.15, -0.1) is 0 Å². The van der Waals surface area contributed by atoms with Gasteiger partial charge >= 0.3 is 0 Å². The van der Waals surface area contributed by atoms with Crippen molar-refractivity contribution in [2.75, 3.05) is 18.0 Å². The van der Waals surface area contributed by atoms with Crippen LogP contribution in [0.2, 0.25) is 0 Å². The third kappa shape index (κ3) is 3.28. The van der Waals surface area contributed by atoms with Gasteiger partial charge in [0.2, 0.25) is 5.91 Å². The maximum atomic E-state index is 11.2. The second-order valence-electron chi connectivity index (χ2n) is 5.16. The van der Waals surface area contributed by atoms with Gasteiger partial charge in [-0.1, -0.05) is 22.0 Å². The number of rotatable bonds is 3. The Balaban J connectivity index is 2.08. The van der Waals surface area contributed by atoms with Crippen molar-refractivity contribution in [3.63, 3.8) is 0 Å². The molecule has 1 fully saturated rings. The van der Waals surface area contributed by atoms with Crippen LogP contribution in [0.4, 0.5) is 5.69 Å². The average molecular weight is 326 g/mol. The van der Waals surface area contributed by atoms with Crippen molar-refractivity contribution in [1.29, 1.82) is 0 Å². The molecule has 1 saturated heterocycles. The Kier molecular flexibility index (Phi) is 4.47. The molecule has 5 heteroatoms. The molecule has 0 spiro atoms. The lowest BCUT2D eigenvalue weighted by atomic mass is 9.96. The Morgan fingerprint density at radius 3 is 2.53 bits per heavy atom. The molecule has 1 amide bonds. The molecule has 1 atom stereocenters. The number of primary amides is 1. The highest BCUT2D eigenvalue weighted by atomic mass is 79.9. The number of carbonyl (C=O) groups excluding carboxylic acids is 1. The van der Waals surface area contributed by atoms with Crippen LogP contribution in [0.3, 0.4) is 0 Å². The van der Waals surface area contributed by atoms with Crippen molar-refractivity contribution in [2.24, 2.45) is 17.4 Å². The molecular weight excluding hydrogens is 306 g/mol. The van der Waals surface area contributed by atoms with E-state index in [0.717, 1.165) is 36.0 Å². The fourth-order valence-corrected chi connectivity index (χ4v) is 3.23. The summed E-state index contributed by atoms with van der Waals surface area (Å²) in [4.78, 5) is 13.4. The molecule has 2 rings (SSSR count). The van der Waals surface area contributed by atoms with Crippen molar-refractivity contribution in [1.82, 2.24) is 0 Å². The topological polar surface area (TPSA) is 72.3 Å². The monoisotopic (exact) mass is 325 g/mol. The van der Waals surface area contributed by atoms with Gasteiger partial charge in [0.05, 0.1) is 0 Å². The number of hydrogen-bond donors (Lipinski definition) is 2. The third-order valence-corrected chi connectivity index (χ3v) is 4.42. The zero-order valence-electron chi connectivity index (χ0n) is 11.1. The Bertz CT molecular complexity index is 468. The molecule has 1 aromatic rings. The van der Waals surface area contributed by atoms with E-state index in [4.69, 9.17) is 11.5 Å². The van der Waals surface area contributed by atoms with Gasteiger partial charge in [-0.2, -0.15) is 0 Å². The van der Waals surface area contributed by atoms with Gasteiger partial charge in [-0.05, 0) is 37.5 Å². The minimum absolute atomic E-state index is 0.0176. The van der Waals surface area contributed by atoms with E-state index < -0.39 is 0 Å². The van der Waals surface area contributed by atoms with Crippen LogP contribution < -0.4 is 16.4 Å².